The molecule has 140 valence electrons. The fraction of sp³-hybridized carbons (Fsp3) is 0.632. The number of nitrogens with zero attached hydrogens (tertiary/aromatic N) is 2. The molecule has 1 aromatic carbocycles. The van der Waals surface area contributed by atoms with E-state index in [-0.39, 0.29) is 5.75 Å². The molecule has 0 bridgehead atoms. The third kappa shape index (κ3) is 6.46. The molecular formula is C19H32N4O2. The summed E-state index contributed by atoms with van der Waals surface area (Å²) >= 11 is 0. The van der Waals surface area contributed by atoms with E-state index in [0.717, 1.165) is 31.2 Å². The highest BCUT2D eigenvalue weighted by Gasteiger charge is 2.09. The van der Waals surface area contributed by atoms with Crippen LogP contribution >= 0.6 is 0 Å². The van der Waals surface area contributed by atoms with E-state index in [0.29, 0.717) is 18.7 Å². The second kappa shape index (κ2) is 10.8. The van der Waals surface area contributed by atoms with Crippen LogP contribution in [0.2, 0.25) is 0 Å². The molecule has 25 heavy (non-hydrogen) atoms. The van der Waals surface area contributed by atoms with Crippen molar-refractivity contribution < 1.29 is 9.84 Å². The molecule has 0 amide bonds. The first-order valence-corrected chi connectivity index (χ1v) is 9.34. The molecule has 0 radical (unpaired) electrons. The molecular weight excluding hydrogens is 316 g/mol. The Hall–Kier alpha value is -1.95. The third-order valence-electron chi connectivity index (χ3n) is 4.47. The number of methoxy groups -OCH3 is 1. The van der Waals surface area contributed by atoms with Crippen LogP contribution in [0.4, 0.5) is 0 Å². The van der Waals surface area contributed by atoms with Crippen LogP contribution in [0.3, 0.4) is 0 Å². The lowest BCUT2D eigenvalue weighted by molar-refractivity contribution is 0.235. The molecule has 0 saturated carbocycles. The van der Waals surface area contributed by atoms with E-state index in [1.807, 2.05) is 12.1 Å². The number of hydrogen-bond acceptors (Lipinski definition) is 4. The molecule has 6 nitrogen and oxygen atoms in total. The molecule has 6 heteroatoms. The zero-order valence-corrected chi connectivity index (χ0v) is 15.6. The number of phenols is 1. The minimum Gasteiger partial charge on any atom is -0.504 e. The number of piperidine rings is 1. The summed E-state index contributed by atoms with van der Waals surface area (Å²) in [5.41, 5.74) is 0.871. The summed E-state index contributed by atoms with van der Waals surface area (Å²) < 4.78 is 5.15. The van der Waals surface area contributed by atoms with E-state index in [1.165, 1.54) is 32.4 Å². The molecule has 3 N–H and O–H groups in total. The van der Waals surface area contributed by atoms with Crippen molar-refractivity contribution in [3.05, 3.63) is 23.8 Å². The molecule has 1 fully saturated rings. The van der Waals surface area contributed by atoms with Crippen molar-refractivity contribution in [1.29, 1.82) is 0 Å². The van der Waals surface area contributed by atoms with Crippen molar-refractivity contribution in [1.82, 2.24) is 15.5 Å². The van der Waals surface area contributed by atoms with Crippen molar-refractivity contribution in [2.45, 2.75) is 32.6 Å². The van der Waals surface area contributed by atoms with Gasteiger partial charge in [-0.3, -0.25) is 4.99 Å². The normalized spacial score (nSPS) is 15.8. The molecule has 1 heterocycles. The summed E-state index contributed by atoms with van der Waals surface area (Å²) in [4.78, 5) is 7.15. The molecule has 1 saturated heterocycles. The van der Waals surface area contributed by atoms with Crippen LogP contribution in [-0.4, -0.2) is 62.3 Å². The quantitative estimate of drug-likeness (QED) is 0.495. The van der Waals surface area contributed by atoms with E-state index in [1.54, 1.807) is 13.2 Å². The number of likely N-dealkylation sites (tertiary alicyclic amines) is 1. The van der Waals surface area contributed by atoms with E-state index < -0.39 is 0 Å². The van der Waals surface area contributed by atoms with Gasteiger partial charge in [-0.2, -0.15) is 0 Å². The molecule has 0 aromatic heterocycles. The summed E-state index contributed by atoms with van der Waals surface area (Å²) in [6.07, 6.45) is 4.69. The van der Waals surface area contributed by atoms with Crippen molar-refractivity contribution in [2.75, 3.05) is 46.4 Å². The number of aliphatic imine (C=N–C) groups is 1. The fourth-order valence-electron chi connectivity index (χ4n) is 3.08. The van der Waals surface area contributed by atoms with Gasteiger partial charge in [0, 0.05) is 19.6 Å². The Kier molecular flexibility index (Phi) is 8.39. The van der Waals surface area contributed by atoms with Gasteiger partial charge in [0.25, 0.3) is 0 Å². The van der Waals surface area contributed by atoms with E-state index >= 15 is 0 Å². The third-order valence-corrected chi connectivity index (χ3v) is 4.47. The van der Waals surface area contributed by atoms with Crippen LogP contribution in [0, 0.1) is 0 Å². The topological polar surface area (TPSA) is 69.1 Å². The second-order valence-electron chi connectivity index (χ2n) is 6.31. The van der Waals surface area contributed by atoms with Crippen LogP contribution in [0.25, 0.3) is 0 Å². The Bertz CT molecular complexity index is 542. The van der Waals surface area contributed by atoms with Crippen LogP contribution in [0.1, 0.15) is 31.7 Å². The summed E-state index contributed by atoms with van der Waals surface area (Å²) in [5.74, 6) is 1.57. The smallest absolute Gasteiger partial charge is 0.191 e. The Morgan fingerprint density at radius 2 is 2.04 bits per heavy atom. The standard InChI is InChI=1S/C19H32N4O2/c1-3-20-19(22-12-15-23-13-5-4-6-14-23)21-11-10-16-8-7-9-17(25-2)18(16)24/h7-9,24H,3-6,10-15H2,1-2H3,(H2,20,21,22). The number of para-hydroxylation sites is 1. The van der Waals surface area contributed by atoms with Gasteiger partial charge in [-0.25, -0.2) is 0 Å². The molecule has 1 aliphatic rings. The van der Waals surface area contributed by atoms with Crippen LogP contribution in [0.5, 0.6) is 11.5 Å². The maximum Gasteiger partial charge on any atom is 0.191 e. The number of aromatic hydroxyl groups is 1. The van der Waals surface area contributed by atoms with E-state index in [9.17, 15) is 5.11 Å². The number of phenolic OH excluding ortho intramolecular Hbond substituents is 1. The van der Waals surface area contributed by atoms with Gasteiger partial charge in [0.1, 0.15) is 0 Å². The second-order valence-corrected chi connectivity index (χ2v) is 6.31. The summed E-state index contributed by atoms with van der Waals surface area (Å²) in [6.45, 7) is 7.84. The highest BCUT2D eigenvalue weighted by atomic mass is 16.5. The highest BCUT2D eigenvalue weighted by molar-refractivity contribution is 5.79. The van der Waals surface area contributed by atoms with Gasteiger partial charge in [0.15, 0.2) is 17.5 Å². The minimum absolute atomic E-state index is 0.221. The molecule has 0 spiro atoms. The molecule has 1 aromatic rings. The summed E-state index contributed by atoms with van der Waals surface area (Å²) in [6, 6.07) is 5.57. The Labute approximate surface area is 151 Å². The van der Waals surface area contributed by atoms with Gasteiger partial charge < -0.3 is 25.4 Å². The van der Waals surface area contributed by atoms with Gasteiger partial charge in [-0.15, -0.1) is 0 Å². The van der Waals surface area contributed by atoms with Crippen LogP contribution in [-0.2, 0) is 6.42 Å². The number of guanidine groups is 1. The molecule has 1 aliphatic heterocycles. The van der Waals surface area contributed by atoms with Crippen molar-refractivity contribution in [2.24, 2.45) is 4.99 Å². The van der Waals surface area contributed by atoms with Crippen molar-refractivity contribution >= 4 is 5.96 Å². The number of nitrogens with one attached hydrogen (secondary N) is 2. The lowest BCUT2D eigenvalue weighted by Gasteiger charge is -2.25. The largest absolute Gasteiger partial charge is 0.504 e. The molecule has 2 rings (SSSR count). The first kappa shape index (κ1) is 19.4. The van der Waals surface area contributed by atoms with Crippen LogP contribution < -0.4 is 15.4 Å². The average Bonchev–Trinajstić information content (AvgIpc) is 2.64. The Balaban J connectivity index is 1.79. The number of hydrogen-bond donors (Lipinski definition) is 3. The van der Waals surface area contributed by atoms with E-state index in [4.69, 9.17) is 4.74 Å². The van der Waals surface area contributed by atoms with Crippen molar-refractivity contribution in [3.63, 3.8) is 0 Å². The Morgan fingerprint density at radius 1 is 1.24 bits per heavy atom. The zero-order valence-electron chi connectivity index (χ0n) is 15.6. The Morgan fingerprint density at radius 3 is 2.76 bits per heavy atom. The lowest BCUT2D eigenvalue weighted by Crippen LogP contribution is -2.39. The molecule has 0 aliphatic carbocycles. The van der Waals surface area contributed by atoms with Crippen LogP contribution in [0.15, 0.2) is 23.2 Å². The van der Waals surface area contributed by atoms with Gasteiger partial charge in [0.05, 0.1) is 13.7 Å². The minimum atomic E-state index is 0.221. The maximum atomic E-state index is 10.1. The number of benzene rings is 1. The maximum absolute atomic E-state index is 10.1. The number of ether oxygens (including phenoxy) is 1. The SMILES string of the molecule is CCNC(=NCCN1CCCCC1)NCCc1cccc(OC)c1O. The first-order chi connectivity index (χ1) is 12.2. The molecule has 0 unspecified atom stereocenters. The van der Waals surface area contributed by atoms with Gasteiger partial charge in [-0.1, -0.05) is 18.6 Å². The lowest BCUT2D eigenvalue weighted by atomic mass is 10.1. The summed E-state index contributed by atoms with van der Waals surface area (Å²) in [7, 11) is 1.56. The molecule has 0 atom stereocenters. The first-order valence-electron chi connectivity index (χ1n) is 9.34. The van der Waals surface area contributed by atoms with E-state index in [2.05, 4.69) is 27.4 Å². The highest BCUT2D eigenvalue weighted by Crippen LogP contribution is 2.29. The predicted octanol–water partition coefficient (Wildman–Crippen LogP) is 1.98. The van der Waals surface area contributed by atoms with Crippen molar-refractivity contribution in [3.8, 4) is 11.5 Å². The van der Waals surface area contributed by atoms with Gasteiger partial charge in [0.2, 0.25) is 0 Å². The fourth-order valence-corrected chi connectivity index (χ4v) is 3.08. The summed E-state index contributed by atoms with van der Waals surface area (Å²) in [5, 5.41) is 16.8. The number of rotatable bonds is 8. The van der Waals surface area contributed by atoms with Gasteiger partial charge in [-0.05, 0) is 50.9 Å². The zero-order chi connectivity index (χ0) is 17.9. The van der Waals surface area contributed by atoms with Gasteiger partial charge >= 0.3 is 0 Å². The predicted molar refractivity (Wildman–Crippen MR) is 103 cm³/mol. The monoisotopic (exact) mass is 348 g/mol. The average molecular weight is 348 g/mol.